The lowest BCUT2D eigenvalue weighted by molar-refractivity contribution is 0.0993. The summed E-state index contributed by atoms with van der Waals surface area (Å²) >= 11 is 1.86. The number of nitrogens with two attached hydrogens (primary N) is 1. The zero-order valence-electron chi connectivity index (χ0n) is 11.9. The van der Waals surface area contributed by atoms with E-state index in [0.29, 0.717) is 17.9 Å². The minimum absolute atomic E-state index is 0.228. The molecule has 1 aliphatic rings. The molecular weight excluding hydrogens is 252 g/mol. The molecule has 3 unspecified atom stereocenters. The smallest absolute Gasteiger partial charge is 0.0974 e. The Kier molecular flexibility index (Phi) is 3.14. The number of nitrogens with zero attached hydrogens (tertiary/aromatic N) is 1. The highest BCUT2D eigenvalue weighted by Crippen LogP contribution is 2.50. The van der Waals surface area contributed by atoms with Crippen molar-refractivity contribution < 1.29 is 0 Å². The van der Waals surface area contributed by atoms with Crippen LogP contribution in [0.4, 0.5) is 0 Å². The van der Waals surface area contributed by atoms with Crippen molar-refractivity contribution in [3.63, 3.8) is 0 Å². The first-order chi connectivity index (χ1) is 9.00. The molecule has 1 aromatic carbocycles. The molecule has 3 rings (SSSR count). The van der Waals surface area contributed by atoms with Crippen LogP contribution in [0.3, 0.4) is 0 Å². The Morgan fingerprint density at radius 1 is 1.26 bits per heavy atom. The summed E-state index contributed by atoms with van der Waals surface area (Å²) in [5, 5.41) is 1.30. The lowest BCUT2D eigenvalue weighted by Gasteiger charge is -2.46. The number of fused-ring (bicyclic) bond motifs is 1. The van der Waals surface area contributed by atoms with E-state index in [-0.39, 0.29) is 5.41 Å². The molecule has 0 saturated heterocycles. The fourth-order valence-corrected chi connectivity index (χ4v) is 4.63. The van der Waals surface area contributed by atoms with Gasteiger partial charge in [0.05, 0.1) is 15.2 Å². The summed E-state index contributed by atoms with van der Waals surface area (Å²) in [5.41, 5.74) is 7.62. The lowest BCUT2D eigenvalue weighted by atomic mass is 9.61. The second-order valence-corrected chi connectivity index (χ2v) is 7.49. The summed E-state index contributed by atoms with van der Waals surface area (Å²) < 4.78 is 1.30. The minimum atomic E-state index is 0.228. The van der Waals surface area contributed by atoms with Crippen LogP contribution in [0.1, 0.15) is 44.5 Å². The normalized spacial score (nSPS) is 30.6. The second kappa shape index (κ2) is 4.57. The van der Waals surface area contributed by atoms with Crippen LogP contribution in [-0.2, 0) is 0 Å². The van der Waals surface area contributed by atoms with E-state index in [2.05, 4.69) is 45.0 Å². The first-order valence-corrected chi connectivity index (χ1v) is 7.93. The van der Waals surface area contributed by atoms with E-state index in [4.69, 9.17) is 10.7 Å². The van der Waals surface area contributed by atoms with Crippen molar-refractivity contribution in [1.82, 2.24) is 4.98 Å². The molecule has 1 saturated carbocycles. The van der Waals surface area contributed by atoms with Crippen molar-refractivity contribution >= 4 is 21.6 Å². The Morgan fingerprint density at radius 3 is 2.74 bits per heavy atom. The molecule has 1 aliphatic carbocycles. The first-order valence-electron chi connectivity index (χ1n) is 7.11. The van der Waals surface area contributed by atoms with Crippen LogP contribution in [-0.4, -0.2) is 11.0 Å². The SMILES string of the molecule is CC1C(N)CCC(c2nc3ccccc3s2)C1(C)C. The summed E-state index contributed by atoms with van der Waals surface area (Å²) in [6.07, 6.45) is 2.28. The first kappa shape index (κ1) is 13.1. The van der Waals surface area contributed by atoms with Gasteiger partial charge in [-0.25, -0.2) is 4.98 Å². The molecule has 3 heteroatoms. The summed E-state index contributed by atoms with van der Waals surface area (Å²) in [5.74, 6) is 1.08. The molecule has 1 heterocycles. The van der Waals surface area contributed by atoms with Gasteiger partial charge in [0, 0.05) is 12.0 Å². The maximum atomic E-state index is 6.25. The van der Waals surface area contributed by atoms with Gasteiger partial charge in [-0.2, -0.15) is 0 Å². The lowest BCUT2D eigenvalue weighted by Crippen LogP contribution is -2.45. The highest BCUT2D eigenvalue weighted by atomic mass is 32.1. The van der Waals surface area contributed by atoms with Crippen LogP contribution >= 0.6 is 11.3 Å². The number of hydrogen-bond donors (Lipinski definition) is 1. The monoisotopic (exact) mass is 274 g/mol. The third-order valence-corrected chi connectivity index (χ3v) is 6.26. The molecule has 102 valence electrons. The maximum Gasteiger partial charge on any atom is 0.0974 e. The Hall–Kier alpha value is -0.930. The fourth-order valence-electron chi connectivity index (χ4n) is 3.33. The number of aromatic nitrogens is 1. The van der Waals surface area contributed by atoms with Crippen LogP contribution in [0.2, 0.25) is 0 Å². The third-order valence-electron chi connectivity index (χ3n) is 5.11. The molecule has 0 bridgehead atoms. The average molecular weight is 274 g/mol. The molecule has 0 spiro atoms. The minimum Gasteiger partial charge on any atom is -0.327 e. The maximum absolute atomic E-state index is 6.25. The van der Waals surface area contributed by atoms with Gasteiger partial charge in [0.25, 0.3) is 0 Å². The topological polar surface area (TPSA) is 38.9 Å². The zero-order valence-corrected chi connectivity index (χ0v) is 12.7. The van der Waals surface area contributed by atoms with E-state index >= 15 is 0 Å². The Labute approximate surface area is 119 Å². The molecule has 0 radical (unpaired) electrons. The van der Waals surface area contributed by atoms with Crippen LogP contribution in [0.5, 0.6) is 0 Å². The van der Waals surface area contributed by atoms with Gasteiger partial charge < -0.3 is 5.73 Å². The van der Waals surface area contributed by atoms with Crippen molar-refractivity contribution in [2.45, 2.75) is 45.6 Å². The molecule has 0 aliphatic heterocycles. The van der Waals surface area contributed by atoms with Crippen molar-refractivity contribution in [3.8, 4) is 0 Å². The number of hydrogen-bond acceptors (Lipinski definition) is 3. The second-order valence-electron chi connectivity index (χ2n) is 6.42. The standard InChI is InChI=1S/C16H22N2S/c1-10-12(17)9-8-11(16(10,2)3)15-18-13-6-4-5-7-14(13)19-15/h4-7,10-12H,8-9,17H2,1-3H3. The van der Waals surface area contributed by atoms with Gasteiger partial charge in [-0.1, -0.05) is 32.9 Å². The highest BCUT2D eigenvalue weighted by molar-refractivity contribution is 7.18. The number of rotatable bonds is 1. The molecule has 2 N–H and O–H groups in total. The van der Waals surface area contributed by atoms with E-state index in [1.54, 1.807) is 0 Å². The van der Waals surface area contributed by atoms with Crippen LogP contribution in [0, 0.1) is 11.3 Å². The largest absolute Gasteiger partial charge is 0.327 e. The molecule has 2 aromatic rings. The van der Waals surface area contributed by atoms with Crippen molar-refractivity contribution in [2.24, 2.45) is 17.1 Å². The summed E-state index contributed by atoms with van der Waals surface area (Å²) in [6.45, 7) is 7.00. The molecule has 0 amide bonds. The van der Waals surface area contributed by atoms with Crippen LogP contribution in [0.25, 0.3) is 10.2 Å². The number of benzene rings is 1. The van der Waals surface area contributed by atoms with Gasteiger partial charge in [-0.05, 0) is 36.3 Å². The van der Waals surface area contributed by atoms with Crippen molar-refractivity contribution in [2.75, 3.05) is 0 Å². The summed E-state index contributed by atoms with van der Waals surface area (Å²) in [6, 6.07) is 8.77. The van der Waals surface area contributed by atoms with E-state index < -0.39 is 0 Å². The van der Waals surface area contributed by atoms with Crippen LogP contribution in [0.15, 0.2) is 24.3 Å². The predicted octanol–water partition coefficient (Wildman–Crippen LogP) is 4.16. The Morgan fingerprint density at radius 2 is 2.00 bits per heavy atom. The molecule has 1 fully saturated rings. The summed E-state index contributed by atoms with van der Waals surface area (Å²) in [4.78, 5) is 4.87. The fraction of sp³-hybridized carbons (Fsp3) is 0.562. The Bertz CT molecular complexity index is 554. The molecule has 3 atom stereocenters. The van der Waals surface area contributed by atoms with Crippen molar-refractivity contribution in [3.05, 3.63) is 29.3 Å². The zero-order chi connectivity index (χ0) is 13.6. The predicted molar refractivity (Wildman–Crippen MR) is 82.5 cm³/mol. The van der Waals surface area contributed by atoms with Crippen LogP contribution < -0.4 is 5.73 Å². The van der Waals surface area contributed by atoms with E-state index in [1.165, 1.54) is 16.1 Å². The molecule has 19 heavy (non-hydrogen) atoms. The van der Waals surface area contributed by atoms with E-state index in [0.717, 1.165) is 11.9 Å². The van der Waals surface area contributed by atoms with E-state index in [1.807, 2.05) is 11.3 Å². The molecular formula is C16H22N2S. The van der Waals surface area contributed by atoms with Gasteiger partial charge in [0.2, 0.25) is 0 Å². The number of para-hydroxylation sites is 1. The number of thiazole rings is 1. The van der Waals surface area contributed by atoms with E-state index in [9.17, 15) is 0 Å². The summed E-state index contributed by atoms with van der Waals surface area (Å²) in [7, 11) is 0. The quantitative estimate of drug-likeness (QED) is 0.848. The van der Waals surface area contributed by atoms with Gasteiger partial charge in [-0.3, -0.25) is 0 Å². The van der Waals surface area contributed by atoms with Crippen molar-refractivity contribution in [1.29, 1.82) is 0 Å². The molecule has 1 aromatic heterocycles. The van der Waals surface area contributed by atoms with Gasteiger partial charge in [0.15, 0.2) is 0 Å². The average Bonchev–Trinajstić information content (AvgIpc) is 2.79. The molecule has 2 nitrogen and oxygen atoms in total. The van der Waals surface area contributed by atoms with Gasteiger partial charge in [-0.15, -0.1) is 11.3 Å². The van der Waals surface area contributed by atoms with Gasteiger partial charge >= 0.3 is 0 Å². The Balaban J connectivity index is 2.01. The highest BCUT2D eigenvalue weighted by Gasteiger charge is 2.43. The van der Waals surface area contributed by atoms with Gasteiger partial charge in [0.1, 0.15) is 0 Å². The third kappa shape index (κ3) is 2.09.